The lowest BCUT2D eigenvalue weighted by molar-refractivity contribution is -0.490. The van der Waals surface area contributed by atoms with Crippen LogP contribution in [0.25, 0.3) is 0 Å². The topological polar surface area (TPSA) is 65.0 Å². The van der Waals surface area contributed by atoms with Crippen LogP contribution in [0.3, 0.4) is 0 Å². The lowest BCUT2D eigenvalue weighted by Gasteiger charge is -2.42. The van der Waals surface area contributed by atoms with E-state index in [9.17, 15) is 31.9 Å². The Kier molecular flexibility index (Phi) is 4.28. The number of hydrogen-bond acceptors (Lipinski definition) is 5. The molecule has 1 saturated heterocycles. The molecule has 2 aliphatic carbocycles. The van der Waals surface area contributed by atoms with Crippen LogP contribution in [0.2, 0.25) is 0 Å². The van der Waals surface area contributed by atoms with Crippen LogP contribution in [0, 0.1) is 17.8 Å². The molecule has 0 aromatic heterocycles. The maximum absolute atomic E-state index is 13.3. The molecule has 0 amide bonds. The summed E-state index contributed by atoms with van der Waals surface area (Å²) in [5.41, 5.74) is 0. The summed E-state index contributed by atoms with van der Waals surface area (Å²) < 4.78 is 78.2. The van der Waals surface area contributed by atoms with Gasteiger partial charge in [0, 0.05) is 0 Å². The van der Waals surface area contributed by atoms with Crippen molar-refractivity contribution in [3.8, 4) is 0 Å². The average molecular weight is 360 g/mol. The standard InChI is InChI=1S/C14H17F5O5/c15-12(16)6-23-10(24-13(12,21)14(17,18)19)5-22-11(20)9-4-7-1-2-8(9)3-7/h7-10,21H,1-6H2. The van der Waals surface area contributed by atoms with E-state index in [2.05, 4.69) is 9.47 Å². The lowest BCUT2D eigenvalue weighted by Crippen LogP contribution is -2.67. The van der Waals surface area contributed by atoms with Crippen LogP contribution in [-0.2, 0) is 19.0 Å². The van der Waals surface area contributed by atoms with E-state index in [1.54, 1.807) is 0 Å². The number of rotatable bonds is 3. The van der Waals surface area contributed by atoms with Crippen molar-refractivity contribution >= 4 is 5.97 Å². The molecule has 3 aliphatic rings. The fraction of sp³-hybridized carbons (Fsp3) is 0.929. The number of carbonyl (C=O) groups excluding carboxylic acids is 1. The molecule has 3 rings (SSSR count). The first kappa shape index (κ1) is 17.8. The molecule has 5 unspecified atom stereocenters. The second-order valence-electron chi connectivity index (χ2n) is 6.62. The number of carbonyl (C=O) groups is 1. The van der Waals surface area contributed by atoms with E-state index in [-0.39, 0.29) is 11.8 Å². The number of aliphatic hydroxyl groups is 1. The van der Waals surface area contributed by atoms with Crippen molar-refractivity contribution in [3.63, 3.8) is 0 Å². The van der Waals surface area contributed by atoms with Crippen LogP contribution in [0.5, 0.6) is 0 Å². The number of hydrogen-bond donors (Lipinski definition) is 1. The molecule has 3 fully saturated rings. The Bertz CT molecular complexity index is 510. The van der Waals surface area contributed by atoms with Crippen LogP contribution in [0.15, 0.2) is 0 Å². The quantitative estimate of drug-likeness (QED) is 0.618. The second-order valence-corrected chi connectivity index (χ2v) is 6.62. The Morgan fingerprint density at radius 2 is 1.96 bits per heavy atom. The fourth-order valence-electron chi connectivity index (χ4n) is 3.75. The van der Waals surface area contributed by atoms with Gasteiger partial charge in [0.15, 0.2) is 6.29 Å². The Balaban J connectivity index is 1.57. The molecule has 0 aromatic rings. The summed E-state index contributed by atoms with van der Waals surface area (Å²) in [5.74, 6) is -9.61. The van der Waals surface area contributed by atoms with Gasteiger partial charge in [0.05, 0.1) is 5.92 Å². The third kappa shape index (κ3) is 2.88. The second kappa shape index (κ2) is 5.77. The van der Waals surface area contributed by atoms with Gasteiger partial charge in [-0.2, -0.15) is 22.0 Å². The molecule has 1 N–H and O–H groups in total. The highest BCUT2D eigenvalue weighted by Crippen LogP contribution is 2.49. The summed E-state index contributed by atoms with van der Waals surface area (Å²) in [7, 11) is 0. The van der Waals surface area contributed by atoms with Crippen molar-refractivity contribution in [2.75, 3.05) is 13.2 Å². The van der Waals surface area contributed by atoms with Crippen LogP contribution < -0.4 is 0 Å². The van der Waals surface area contributed by atoms with Gasteiger partial charge in [-0.15, -0.1) is 0 Å². The number of ether oxygens (including phenoxy) is 3. The highest BCUT2D eigenvalue weighted by atomic mass is 19.4. The van der Waals surface area contributed by atoms with Gasteiger partial charge in [-0.3, -0.25) is 4.79 Å². The molecule has 2 saturated carbocycles. The number of alkyl halides is 5. The average Bonchev–Trinajstić information content (AvgIpc) is 3.10. The first-order chi connectivity index (χ1) is 11.0. The van der Waals surface area contributed by atoms with Crippen LogP contribution >= 0.6 is 0 Å². The van der Waals surface area contributed by atoms with Gasteiger partial charge in [-0.05, 0) is 31.1 Å². The highest BCUT2D eigenvalue weighted by Gasteiger charge is 2.73. The minimum atomic E-state index is -5.73. The minimum absolute atomic E-state index is 0.201. The van der Waals surface area contributed by atoms with Crippen LogP contribution in [0.4, 0.5) is 22.0 Å². The molecular weight excluding hydrogens is 343 g/mol. The molecule has 1 heterocycles. The third-order valence-corrected chi connectivity index (χ3v) is 5.04. The van der Waals surface area contributed by atoms with Gasteiger partial charge in [0.1, 0.15) is 13.2 Å². The van der Waals surface area contributed by atoms with E-state index < -0.39 is 43.4 Å². The molecule has 2 bridgehead atoms. The molecule has 1 aliphatic heterocycles. The minimum Gasteiger partial charge on any atom is -0.460 e. The van der Waals surface area contributed by atoms with Crippen LogP contribution in [0.1, 0.15) is 25.7 Å². The molecule has 0 spiro atoms. The Morgan fingerprint density at radius 3 is 2.50 bits per heavy atom. The number of halogens is 5. The van der Waals surface area contributed by atoms with E-state index in [0.29, 0.717) is 12.3 Å². The number of esters is 1. The van der Waals surface area contributed by atoms with Crippen molar-refractivity contribution in [1.82, 2.24) is 0 Å². The predicted molar refractivity (Wildman–Crippen MR) is 66.7 cm³/mol. The summed E-state index contributed by atoms with van der Waals surface area (Å²) in [6, 6.07) is 0. The van der Waals surface area contributed by atoms with Gasteiger partial charge >= 0.3 is 23.9 Å². The smallest absolute Gasteiger partial charge is 0.449 e. The largest absolute Gasteiger partial charge is 0.460 e. The first-order valence-electron chi connectivity index (χ1n) is 7.66. The Labute approximate surface area is 134 Å². The van der Waals surface area contributed by atoms with Crippen molar-refractivity contribution in [3.05, 3.63) is 0 Å². The summed E-state index contributed by atoms with van der Waals surface area (Å²) in [5, 5.41) is 9.25. The molecule has 10 heteroatoms. The summed E-state index contributed by atoms with van der Waals surface area (Å²) in [6.45, 7) is -2.49. The molecule has 5 atom stereocenters. The lowest BCUT2D eigenvalue weighted by atomic mass is 9.89. The normalized spacial score (nSPS) is 41.4. The Morgan fingerprint density at radius 1 is 1.25 bits per heavy atom. The predicted octanol–water partition coefficient (Wildman–Crippen LogP) is 2.22. The summed E-state index contributed by atoms with van der Waals surface area (Å²) in [4.78, 5) is 12.0. The fourth-order valence-corrected chi connectivity index (χ4v) is 3.75. The van der Waals surface area contributed by atoms with Crippen molar-refractivity contribution in [2.45, 2.75) is 49.9 Å². The van der Waals surface area contributed by atoms with Gasteiger partial charge < -0.3 is 19.3 Å². The van der Waals surface area contributed by atoms with Crippen molar-refractivity contribution in [1.29, 1.82) is 0 Å². The molecule has 138 valence electrons. The highest BCUT2D eigenvalue weighted by molar-refractivity contribution is 5.73. The number of fused-ring (bicyclic) bond motifs is 2. The maximum atomic E-state index is 13.3. The monoisotopic (exact) mass is 360 g/mol. The molecule has 5 nitrogen and oxygen atoms in total. The zero-order valence-electron chi connectivity index (χ0n) is 12.5. The van der Waals surface area contributed by atoms with Gasteiger partial charge in [0.25, 0.3) is 0 Å². The summed E-state index contributed by atoms with van der Waals surface area (Å²) >= 11 is 0. The van der Waals surface area contributed by atoms with E-state index in [0.717, 1.165) is 19.3 Å². The van der Waals surface area contributed by atoms with Gasteiger partial charge in [0.2, 0.25) is 0 Å². The van der Waals surface area contributed by atoms with E-state index in [1.165, 1.54) is 0 Å². The SMILES string of the molecule is O=C(OCC1OCC(F)(F)C(O)(C(F)(F)F)O1)C1CC2CCC1C2. The summed E-state index contributed by atoms with van der Waals surface area (Å²) in [6.07, 6.45) is -4.10. The first-order valence-corrected chi connectivity index (χ1v) is 7.66. The van der Waals surface area contributed by atoms with Crippen molar-refractivity contribution in [2.24, 2.45) is 17.8 Å². The molecular formula is C14H17F5O5. The Hall–Kier alpha value is -1.00. The van der Waals surface area contributed by atoms with Crippen LogP contribution in [-0.4, -0.2) is 48.5 Å². The van der Waals surface area contributed by atoms with Gasteiger partial charge in [-0.1, -0.05) is 6.42 Å². The zero-order valence-corrected chi connectivity index (χ0v) is 12.5. The van der Waals surface area contributed by atoms with E-state index in [1.807, 2.05) is 0 Å². The van der Waals surface area contributed by atoms with E-state index in [4.69, 9.17) is 4.74 Å². The maximum Gasteiger partial charge on any atom is 0.449 e. The molecule has 0 aromatic carbocycles. The zero-order chi connectivity index (χ0) is 17.8. The van der Waals surface area contributed by atoms with Crippen molar-refractivity contribution < 1.29 is 46.1 Å². The molecule has 24 heavy (non-hydrogen) atoms. The third-order valence-electron chi connectivity index (χ3n) is 5.04. The van der Waals surface area contributed by atoms with E-state index >= 15 is 0 Å². The molecule has 0 radical (unpaired) electrons. The van der Waals surface area contributed by atoms with Gasteiger partial charge in [-0.25, -0.2) is 0 Å².